The van der Waals surface area contributed by atoms with Crippen LogP contribution < -0.4 is 19.6 Å². The lowest BCUT2D eigenvalue weighted by Gasteiger charge is -2.13. The number of benzene rings is 3. The van der Waals surface area contributed by atoms with Gasteiger partial charge in [0.2, 0.25) is 0 Å². The molecule has 0 saturated carbocycles. The summed E-state index contributed by atoms with van der Waals surface area (Å²) in [5, 5.41) is 0.985. The smallest absolute Gasteiger partial charge is 0.274 e. The first-order valence-corrected chi connectivity index (χ1v) is 12.7. The Labute approximate surface area is 216 Å². The van der Waals surface area contributed by atoms with Crippen molar-refractivity contribution in [1.29, 1.82) is 0 Å². The molecular weight excluding hydrogens is 503 g/mol. The number of nitrogens with zero attached hydrogens (tertiary/aromatic N) is 2. The van der Waals surface area contributed by atoms with Crippen molar-refractivity contribution >= 4 is 56.6 Å². The predicted octanol–water partition coefficient (Wildman–Crippen LogP) is 6.36. The number of thiazole rings is 1. The van der Waals surface area contributed by atoms with Crippen LogP contribution in [0.3, 0.4) is 0 Å². The Kier molecular flexibility index (Phi) is 6.45. The van der Waals surface area contributed by atoms with Crippen LogP contribution in [0.2, 0.25) is 10.0 Å². The van der Waals surface area contributed by atoms with Crippen LogP contribution in [0.4, 0.5) is 0 Å². The minimum absolute atomic E-state index is 0.0753. The SMILES string of the molecule is CCOc1cc(/C=c2\sc3nc4cc(C)c(C)cc4n3c2=O)ccc1OCc1ccc(Cl)c(Cl)c1. The van der Waals surface area contributed by atoms with Gasteiger partial charge in [0, 0.05) is 0 Å². The van der Waals surface area contributed by atoms with Gasteiger partial charge < -0.3 is 9.47 Å². The molecule has 0 unspecified atom stereocenters. The molecule has 0 bridgehead atoms. The number of halogens is 2. The third kappa shape index (κ3) is 4.61. The van der Waals surface area contributed by atoms with E-state index in [-0.39, 0.29) is 5.56 Å². The predicted molar refractivity (Wildman–Crippen MR) is 144 cm³/mol. The first-order chi connectivity index (χ1) is 16.8. The molecule has 0 fully saturated rings. The van der Waals surface area contributed by atoms with E-state index >= 15 is 0 Å². The van der Waals surface area contributed by atoms with E-state index in [0.29, 0.717) is 44.3 Å². The van der Waals surface area contributed by atoms with Crippen molar-refractivity contribution in [2.75, 3.05) is 6.61 Å². The zero-order valence-electron chi connectivity index (χ0n) is 19.4. The summed E-state index contributed by atoms with van der Waals surface area (Å²) in [4.78, 5) is 18.6. The average Bonchev–Trinajstić information content (AvgIpc) is 3.31. The van der Waals surface area contributed by atoms with E-state index < -0.39 is 0 Å². The second-order valence-corrected chi connectivity index (χ2v) is 10.1. The molecule has 2 heterocycles. The molecule has 178 valence electrons. The Morgan fingerprint density at radius 3 is 2.54 bits per heavy atom. The molecule has 0 amide bonds. The minimum atomic E-state index is -0.0753. The van der Waals surface area contributed by atoms with Crippen LogP contribution in [-0.4, -0.2) is 16.0 Å². The zero-order chi connectivity index (χ0) is 24.7. The third-order valence-electron chi connectivity index (χ3n) is 5.80. The number of ether oxygens (including phenoxy) is 2. The molecule has 0 aliphatic rings. The van der Waals surface area contributed by atoms with Crippen molar-refractivity contribution in [2.24, 2.45) is 0 Å². The molecule has 0 aliphatic heterocycles. The van der Waals surface area contributed by atoms with Crippen LogP contribution in [0, 0.1) is 13.8 Å². The summed E-state index contributed by atoms with van der Waals surface area (Å²) < 4.78 is 14.1. The van der Waals surface area contributed by atoms with E-state index in [9.17, 15) is 4.79 Å². The fraction of sp³-hybridized carbons (Fsp3) is 0.185. The average molecular weight is 525 g/mol. The Hall–Kier alpha value is -3.06. The normalized spacial score (nSPS) is 12.1. The lowest BCUT2D eigenvalue weighted by Crippen LogP contribution is -2.22. The number of fused-ring (bicyclic) bond motifs is 3. The Bertz CT molecular complexity index is 1690. The van der Waals surface area contributed by atoms with Crippen molar-refractivity contribution < 1.29 is 9.47 Å². The molecule has 0 aliphatic carbocycles. The maximum atomic E-state index is 13.2. The fourth-order valence-electron chi connectivity index (χ4n) is 3.86. The van der Waals surface area contributed by atoms with E-state index in [1.807, 2.05) is 63.2 Å². The first-order valence-electron chi connectivity index (χ1n) is 11.1. The van der Waals surface area contributed by atoms with Gasteiger partial charge in [-0.3, -0.25) is 4.79 Å². The highest BCUT2D eigenvalue weighted by Gasteiger charge is 2.13. The minimum Gasteiger partial charge on any atom is -0.490 e. The molecule has 0 N–H and O–H groups in total. The first kappa shape index (κ1) is 23.7. The fourth-order valence-corrected chi connectivity index (χ4v) is 5.17. The molecule has 8 heteroatoms. The van der Waals surface area contributed by atoms with Gasteiger partial charge in [0.25, 0.3) is 5.56 Å². The lowest BCUT2D eigenvalue weighted by atomic mass is 10.1. The van der Waals surface area contributed by atoms with Gasteiger partial charge in [0.15, 0.2) is 16.5 Å². The van der Waals surface area contributed by atoms with Crippen molar-refractivity contribution in [3.63, 3.8) is 0 Å². The highest BCUT2D eigenvalue weighted by Crippen LogP contribution is 2.30. The molecule has 3 aromatic carbocycles. The quantitative estimate of drug-likeness (QED) is 0.259. The van der Waals surface area contributed by atoms with Crippen LogP contribution in [0.25, 0.3) is 22.1 Å². The highest BCUT2D eigenvalue weighted by molar-refractivity contribution is 7.15. The molecule has 5 aromatic rings. The second kappa shape index (κ2) is 9.53. The number of imidazole rings is 1. The van der Waals surface area contributed by atoms with E-state index in [4.69, 9.17) is 32.7 Å². The van der Waals surface area contributed by atoms with Gasteiger partial charge in [-0.25, -0.2) is 9.38 Å². The molecule has 0 atom stereocenters. The van der Waals surface area contributed by atoms with Crippen molar-refractivity contribution in [1.82, 2.24) is 9.38 Å². The molecule has 2 aromatic heterocycles. The van der Waals surface area contributed by atoms with Crippen LogP contribution >= 0.6 is 34.5 Å². The van der Waals surface area contributed by atoms with Gasteiger partial charge >= 0.3 is 0 Å². The number of rotatable bonds is 6. The number of aromatic nitrogens is 2. The number of hydrogen-bond donors (Lipinski definition) is 0. The van der Waals surface area contributed by atoms with Crippen molar-refractivity contribution in [3.8, 4) is 11.5 Å². The topological polar surface area (TPSA) is 52.8 Å². The molecule has 0 saturated heterocycles. The van der Waals surface area contributed by atoms with E-state index in [1.165, 1.54) is 11.3 Å². The maximum absolute atomic E-state index is 13.2. The molecular formula is C27H22Cl2N2O3S. The van der Waals surface area contributed by atoms with Crippen LogP contribution in [-0.2, 0) is 6.61 Å². The van der Waals surface area contributed by atoms with E-state index in [2.05, 4.69) is 4.98 Å². The summed E-state index contributed by atoms with van der Waals surface area (Å²) in [7, 11) is 0. The molecule has 0 radical (unpaired) electrons. The van der Waals surface area contributed by atoms with Crippen LogP contribution in [0.15, 0.2) is 53.3 Å². The second-order valence-electron chi connectivity index (χ2n) is 8.25. The lowest BCUT2D eigenvalue weighted by molar-refractivity contribution is 0.269. The van der Waals surface area contributed by atoms with Crippen molar-refractivity contribution in [3.05, 3.63) is 95.7 Å². The number of aryl methyl sites for hydroxylation is 2. The summed E-state index contributed by atoms with van der Waals surface area (Å²) in [6, 6.07) is 15.1. The molecule has 5 nitrogen and oxygen atoms in total. The van der Waals surface area contributed by atoms with Gasteiger partial charge in [-0.15, -0.1) is 0 Å². The summed E-state index contributed by atoms with van der Waals surface area (Å²) in [6.45, 7) is 6.81. The summed E-state index contributed by atoms with van der Waals surface area (Å²) in [5.41, 5.74) is 5.63. The monoisotopic (exact) mass is 524 g/mol. The van der Waals surface area contributed by atoms with Gasteiger partial charge in [-0.05, 0) is 85.5 Å². The summed E-state index contributed by atoms with van der Waals surface area (Å²) in [6.07, 6.45) is 1.86. The molecule has 5 rings (SSSR count). The summed E-state index contributed by atoms with van der Waals surface area (Å²) >= 11 is 13.5. The van der Waals surface area contributed by atoms with Gasteiger partial charge in [0.1, 0.15) is 6.61 Å². The Balaban J connectivity index is 1.48. The van der Waals surface area contributed by atoms with Crippen LogP contribution in [0.5, 0.6) is 11.5 Å². The van der Waals surface area contributed by atoms with Crippen molar-refractivity contribution in [2.45, 2.75) is 27.4 Å². The third-order valence-corrected chi connectivity index (χ3v) is 7.51. The zero-order valence-corrected chi connectivity index (χ0v) is 21.7. The van der Waals surface area contributed by atoms with Crippen LogP contribution in [0.1, 0.15) is 29.2 Å². The van der Waals surface area contributed by atoms with Gasteiger partial charge in [0.05, 0.1) is 32.2 Å². The van der Waals surface area contributed by atoms with E-state index in [0.717, 1.165) is 33.3 Å². The standard InChI is InChI=1S/C27H22Cl2N2O3S/c1-4-33-24-12-17(6-8-23(24)34-14-18-5-7-19(28)20(29)11-18)13-25-26(32)31-22-10-16(3)15(2)9-21(22)30-27(31)35-25/h5-13H,4,14H2,1-3H3/b25-13-. The Morgan fingerprint density at radius 2 is 1.77 bits per heavy atom. The van der Waals surface area contributed by atoms with E-state index in [1.54, 1.807) is 16.5 Å². The number of hydrogen-bond acceptors (Lipinski definition) is 5. The molecule has 0 spiro atoms. The Morgan fingerprint density at radius 1 is 0.971 bits per heavy atom. The maximum Gasteiger partial charge on any atom is 0.274 e. The van der Waals surface area contributed by atoms with Gasteiger partial charge in [-0.1, -0.05) is 46.7 Å². The molecule has 35 heavy (non-hydrogen) atoms. The highest BCUT2D eigenvalue weighted by atomic mass is 35.5. The van der Waals surface area contributed by atoms with Gasteiger partial charge in [-0.2, -0.15) is 0 Å². The summed E-state index contributed by atoms with van der Waals surface area (Å²) in [5.74, 6) is 1.21. The largest absolute Gasteiger partial charge is 0.490 e.